The number of benzene rings is 1. The number of carbonyl (C=O) groups excluding carboxylic acids is 2. The maximum absolute atomic E-state index is 13.4. The van der Waals surface area contributed by atoms with E-state index < -0.39 is 6.04 Å². The number of pyridine rings is 1. The Balaban J connectivity index is 1.28. The average Bonchev–Trinajstić information content (AvgIpc) is 2.82. The van der Waals surface area contributed by atoms with Crippen LogP contribution < -0.4 is 10.9 Å². The maximum atomic E-state index is 13.4. The van der Waals surface area contributed by atoms with Gasteiger partial charge in [-0.25, -0.2) is 4.79 Å². The summed E-state index contributed by atoms with van der Waals surface area (Å²) in [5.41, 5.74) is 3.53. The first-order valence-electron chi connectivity index (χ1n) is 12.0. The molecule has 2 bridgehead atoms. The molecule has 3 aliphatic heterocycles. The number of hydrogen-bond acceptors (Lipinski definition) is 3. The maximum Gasteiger partial charge on any atom is 0.318 e. The van der Waals surface area contributed by atoms with Crippen LogP contribution in [-0.2, 0) is 24.3 Å². The van der Waals surface area contributed by atoms with Crippen LogP contribution in [0.4, 0.5) is 4.79 Å². The second-order valence-corrected chi connectivity index (χ2v) is 10.1. The second-order valence-electron chi connectivity index (χ2n) is 10.1. The Hall–Kier alpha value is -3.09. The molecule has 0 spiro atoms. The van der Waals surface area contributed by atoms with Crippen molar-refractivity contribution in [2.45, 2.75) is 51.7 Å². The monoisotopic (exact) mass is 448 g/mol. The van der Waals surface area contributed by atoms with Gasteiger partial charge >= 0.3 is 6.03 Å². The summed E-state index contributed by atoms with van der Waals surface area (Å²) in [4.78, 5) is 42.7. The summed E-state index contributed by atoms with van der Waals surface area (Å²) in [6.45, 7) is 7.06. The lowest BCUT2D eigenvalue weighted by atomic mass is 9.83. The van der Waals surface area contributed by atoms with Crippen molar-refractivity contribution in [1.82, 2.24) is 19.7 Å². The van der Waals surface area contributed by atoms with E-state index in [1.807, 2.05) is 46.4 Å². The van der Waals surface area contributed by atoms with E-state index in [1.165, 1.54) is 11.1 Å². The van der Waals surface area contributed by atoms with Gasteiger partial charge in [-0.05, 0) is 41.9 Å². The van der Waals surface area contributed by atoms with Crippen LogP contribution in [0.15, 0.2) is 47.3 Å². The number of amides is 3. The van der Waals surface area contributed by atoms with E-state index >= 15 is 0 Å². The summed E-state index contributed by atoms with van der Waals surface area (Å²) in [5, 5.41) is 3.06. The number of nitrogens with one attached hydrogen (secondary N) is 1. The summed E-state index contributed by atoms with van der Waals surface area (Å²) >= 11 is 0. The van der Waals surface area contributed by atoms with Gasteiger partial charge in [0.15, 0.2) is 0 Å². The van der Waals surface area contributed by atoms with E-state index in [9.17, 15) is 14.4 Å². The van der Waals surface area contributed by atoms with E-state index in [-0.39, 0.29) is 35.3 Å². The lowest BCUT2D eigenvalue weighted by Gasteiger charge is -2.43. The van der Waals surface area contributed by atoms with Crippen molar-refractivity contribution in [2.75, 3.05) is 19.6 Å². The van der Waals surface area contributed by atoms with Gasteiger partial charge in [0.2, 0.25) is 5.91 Å². The molecule has 7 nitrogen and oxygen atoms in total. The Morgan fingerprint density at radius 1 is 0.970 bits per heavy atom. The second kappa shape index (κ2) is 8.69. The smallest absolute Gasteiger partial charge is 0.318 e. The molecule has 0 unspecified atom stereocenters. The highest BCUT2D eigenvalue weighted by atomic mass is 16.2. The minimum Gasteiger partial charge on any atom is -0.336 e. The van der Waals surface area contributed by atoms with Crippen LogP contribution in [0, 0.1) is 11.8 Å². The highest BCUT2D eigenvalue weighted by Gasteiger charge is 2.38. The Kier molecular flexibility index (Phi) is 5.72. The first-order valence-corrected chi connectivity index (χ1v) is 12.0. The molecule has 1 fully saturated rings. The van der Waals surface area contributed by atoms with Crippen molar-refractivity contribution in [3.8, 4) is 0 Å². The molecule has 0 saturated carbocycles. The Morgan fingerprint density at radius 2 is 1.76 bits per heavy atom. The molecular weight excluding hydrogens is 416 g/mol. The first-order chi connectivity index (χ1) is 15.9. The molecule has 3 atom stereocenters. The lowest BCUT2D eigenvalue weighted by molar-refractivity contribution is -0.135. The Bertz CT molecular complexity index is 1120. The van der Waals surface area contributed by atoms with E-state index in [4.69, 9.17) is 0 Å². The van der Waals surface area contributed by atoms with E-state index in [1.54, 1.807) is 12.1 Å². The largest absolute Gasteiger partial charge is 0.336 e. The molecule has 3 aliphatic rings. The molecule has 4 heterocycles. The molecule has 1 aromatic heterocycles. The Labute approximate surface area is 194 Å². The topological polar surface area (TPSA) is 74.6 Å². The van der Waals surface area contributed by atoms with Crippen LogP contribution in [0.1, 0.15) is 43.0 Å². The zero-order valence-corrected chi connectivity index (χ0v) is 19.4. The number of fused-ring (bicyclic) bond motifs is 5. The van der Waals surface area contributed by atoms with Crippen LogP contribution >= 0.6 is 0 Å². The standard InChI is InChI=1S/C26H32N4O3/c1-17(2)24(25(32)28-11-10-19-6-3-4-7-20(19)15-28)27-26(33)29-13-18-12-21(16-29)22-8-5-9-23(31)30(22)14-18/h3-9,17-18,21,24H,10-16H2,1-2H3,(H,27,33)/t18-,21+,24+/m1/s1. The highest BCUT2D eigenvalue weighted by Crippen LogP contribution is 2.35. The summed E-state index contributed by atoms with van der Waals surface area (Å²) in [6, 6.07) is 12.9. The van der Waals surface area contributed by atoms with Gasteiger partial charge in [-0.3, -0.25) is 9.59 Å². The summed E-state index contributed by atoms with van der Waals surface area (Å²) in [7, 11) is 0. The number of nitrogens with zero attached hydrogens (tertiary/aromatic N) is 3. The summed E-state index contributed by atoms with van der Waals surface area (Å²) in [6.07, 6.45) is 1.84. The molecule has 174 valence electrons. The van der Waals surface area contributed by atoms with Gasteiger partial charge in [0.1, 0.15) is 6.04 Å². The molecule has 1 saturated heterocycles. The highest BCUT2D eigenvalue weighted by molar-refractivity contribution is 5.87. The number of hydrogen-bond donors (Lipinski definition) is 1. The fourth-order valence-electron chi connectivity index (χ4n) is 5.68. The summed E-state index contributed by atoms with van der Waals surface area (Å²) < 4.78 is 1.86. The van der Waals surface area contributed by atoms with Crippen molar-refractivity contribution in [2.24, 2.45) is 11.8 Å². The van der Waals surface area contributed by atoms with E-state index in [0.717, 1.165) is 18.5 Å². The van der Waals surface area contributed by atoms with Gasteiger partial charge < -0.3 is 19.7 Å². The normalized spacial score (nSPS) is 22.4. The van der Waals surface area contributed by atoms with Gasteiger partial charge in [0, 0.05) is 50.4 Å². The number of aromatic nitrogens is 1. The first kappa shape index (κ1) is 21.7. The van der Waals surface area contributed by atoms with Crippen molar-refractivity contribution in [1.29, 1.82) is 0 Å². The number of urea groups is 1. The quantitative estimate of drug-likeness (QED) is 0.784. The van der Waals surface area contributed by atoms with Crippen LogP contribution in [-0.4, -0.2) is 52.0 Å². The van der Waals surface area contributed by atoms with Crippen molar-refractivity contribution in [3.05, 3.63) is 69.6 Å². The molecule has 1 aromatic carbocycles. The van der Waals surface area contributed by atoms with Gasteiger partial charge in [-0.1, -0.05) is 44.2 Å². The third kappa shape index (κ3) is 4.16. The number of piperidine rings is 1. The summed E-state index contributed by atoms with van der Waals surface area (Å²) in [5.74, 6) is 0.391. The Morgan fingerprint density at radius 3 is 2.55 bits per heavy atom. The van der Waals surface area contributed by atoms with Crippen LogP contribution in [0.25, 0.3) is 0 Å². The minimum atomic E-state index is -0.556. The third-order valence-corrected chi connectivity index (χ3v) is 7.42. The predicted molar refractivity (Wildman–Crippen MR) is 126 cm³/mol. The molecule has 7 heteroatoms. The van der Waals surface area contributed by atoms with Crippen molar-refractivity contribution >= 4 is 11.9 Å². The van der Waals surface area contributed by atoms with Crippen molar-refractivity contribution in [3.63, 3.8) is 0 Å². The fourth-order valence-corrected chi connectivity index (χ4v) is 5.68. The van der Waals surface area contributed by atoms with E-state index in [2.05, 4.69) is 17.4 Å². The van der Waals surface area contributed by atoms with Gasteiger partial charge in [0.25, 0.3) is 5.56 Å². The minimum absolute atomic E-state index is 0.0118. The van der Waals surface area contributed by atoms with Gasteiger partial charge in [-0.2, -0.15) is 0 Å². The number of likely N-dealkylation sites (tertiary alicyclic amines) is 1. The molecule has 5 rings (SSSR count). The van der Waals surface area contributed by atoms with E-state index in [0.29, 0.717) is 32.7 Å². The molecule has 33 heavy (non-hydrogen) atoms. The molecular formula is C26H32N4O3. The van der Waals surface area contributed by atoms with Crippen LogP contribution in [0.3, 0.4) is 0 Å². The van der Waals surface area contributed by atoms with Crippen molar-refractivity contribution < 1.29 is 9.59 Å². The number of carbonyl (C=O) groups is 2. The zero-order chi connectivity index (χ0) is 23.1. The van der Waals surface area contributed by atoms with Crippen LogP contribution in [0.2, 0.25) is 0 Å². The molecule has 0 radical (unpaired) electrons. The van der Waals surface area contributed by atoms with Gasteiger partial charge in [0.05, 0.1) is 0 Å². The average molecular weight is 449 g/mol. The predicted octanol–water partition coefficient (Wildman–Crippen LogP) is 2.59. The molecule has 3 amide bonds. The number of rotatable bonds is 3. The zero-order valence-electron chi connectivity index (χ0n) is 19.4. The SMILES string of the molecule is CC(C)[C@H](NC(=O)N1C[C@H]2C[C@@H](C1)c1cccc(=O)n1C2)C(=O)N1CCc2ccccc2C1. The fraction of sp³-hybridized carbons (Fsp3) is 0.500. The molecule has 0 aliphatic carbocycles. The van der Waals surface area contributed by atoms with Gasteiger partial charge in [-0.15, -0.1) is 0 Å². The third-order valence-electron chi connectivity index (χ3n) is 7.42. The molecule has 2 aromatic rings. The molecule has 1 N–H and O–H groups in total. The van der Waals surface area contributed by atoms with Crippen LogP contribution in [0.5, 0.6) is 0 Å². The lowest BCUT2D eigenvalue weighted by Crippen LogP contribution is -2.57.